The normalized spacial score (nSPS) is 17.2. The molecule has 1 aromatic rings. The minimum Gasteiger partial charge on any atom is -0.447 e. The van der Waals surface area contributed by atoms with Gasteiger partial charge in [0.2, 0.25) is 0 Å². The van der Waals surface area contributed by atoms with Gasteiger partial charge in [0.1, 0.15) is 5.76 Å². The van der Waals surface area contributed by atoms with E-state index in [9.17, 15) is 4.79 Å². The fourth-order valence-corrected chi connectivity index (χ4v) is 1.95. The number of amides is 1. The molecule has 1 N–H and O–H groups in total. The Hall–Kier alpha value is -1.36. The van der Waals surface area contributed by atoms with Crippen LogP contribution in [0.4, 0.5) is 0 Å². The molecule has 5 nitrogen and oxygen atoms in total. The topological polar surface area (TPSA) is 58.4 Å². The predicted octanol–water partition coefficient (Wildman–Crippen LogP) is 1.02. The van der Waals surface area contributed by atoms with E-state index in [1.165, 1.54) is 6.39 Å². The fraction of sp³-hybridized carbons (Fsp3) is 0.667. The number of nitrogens with zero attached hydrogens (tertiary/aromatic N) is 2. The lowest BCUT2D eigenvalue weighted by molar-refractivity contribution is 0.0726. The molecule has 0 aromatic carbocycles. The van der Waals surface area contributed by atoms with Gasteiger partial charge in [0.25, 0.3) is 5.91 Å². The molecule has 0 spiro atoms. The van der Waals surface area contributed by atoms with Gasteiger partial charge in [-0.2, -0.15) is 0 Å². The van der Waals surface area contributed by atoms with Gasteiger partial charge in [0.05, 0.1) is 0 Å². The van der Waals surface area contributed by atoms with E-state index in [-0.39, 0.29) is 11.3 Å². The van der Waals surface area contributed by atoms with Crippen LogP contribution in [0.1, 0.15) is 37.0 Å². The van der Waals surface area contributed by atoms with Gasteiger partial charge >= 0.3 is 0 Å². The zero-order valence-electron chi connectivity index (χ0n) is 10.6. The standard InChI is InChI=1S/C12H19N3O2/c1-12(2,3)10-9(14-8-17-10)11(16)15-6-4-13-5-7-15/h8,13H,4-7H2,1-3H3. The van der Waals surface area contributed by atoms with E-state index in [0.717, 1.165) is 26.2 Å². The van der Waals surface area contributed by atoms with Crippen molar-refractivity contribution in [2.24, 2.45) is 0 Å². The van der Waals surface area contributed by atoms with E-state index in [1.807, 2.05) is 25.7 Å². The lowest BCUT2D eigenvalue weighted by Gasteiger charge is -2.27. The molecule has 2 rings (SSSR count). The molecule has 0 unspecified atom stereocenters. The van der Waals surface area contributed by atoms with Crippen molar-refractivity contribution >= 4 is 5.91 Å². The van der Waals surface area contributed by atoms with Gasteiger partial charge in [-0.1, -0.05) is 20.8 Å². The minimum atomic E-state index is -0.199. The summed E-state index contributed by atoms with van der Waals surface area (Å²) >= 11 is 0. The summed E-state index contributed by atoms with van der Waals surface area (Å²) in [5.41, 5.74) is 0.259. The molecule has 1 aromatic heterocycles. The highest BCUT2D eigenvalue weighted by molar-refractivity contribution is 5.93. The summed E-state index contributed by atoms with van der Waals surface area (Å²) in [6, 6.07) is 0. The highest BCUT2D eigenvalue weighted by Crippen LogP contribution is 2.26. The van der Waals surface area contributed by atoms with E-state index in [1.54, 1.807) is 0 Å². The molecular weight excluding hydrogens is 218 g/mol. The van der Waals surface area contributed by atoms with Crippen LogP contribution in [0.25, 0.3) is 0 Å². The third kappa shape index (κ3) is 2.49. The van der Waals surface area contributed by atoms with Crippen LogP contribution in [-0.4, -0.2) is 42.0 Å². The quantitative estimate of drug-likeness (QED) is 0.792. The predicted molar refractivity (Wildman–Crippen MR) is 64.0 cm³/mol. The molecule has 1 fully saturated rings. The summed E-state index contributed by atoms with van der Waals surface area (Å²) in [6.07, 6.45) is 1.36. The average molecular weight is 237 g/mol. The maximum atomic E-state index is 12.3. The van der Waals surface area contributed by atoms with E-state index in [4.69, 9.17) is 4.42 Å². The molecule has 0 bridgehead atoms. The SMILES string of the molecule is CC(C)(C)c1ocnc1C(=O)N1CCNCC1. The molecule has 2 heterocycles. The molecule has 5 heteroatoms. The van der Waals surface area contributed by atoms with Gasteiger partial charge < -0.3 is 14.6 Å². The van der Waals surface area contributed by atoms with Crippen molar-refractivity contribution in [3.63, 3.8) is 0 Å². The zero-order valence-corrected chi connectivity index (χ0v) is 10.6. The summed E-state index contributed by atoms with van der Waals surface area (Å²) in [5, 5.41) is 3.22. The number of piperazine rings is 1. The van der Waals surface area contributed by atoms with Crippen LogP contribution in [0, 0.1) is 0 Å². The second kappa shape index (κ2) is 4.49. The van der Waals surface area contributed by atoms with Gasteiger partial charge in [-0.3, -0.25) is 4.79 Å². The molecule has 1 amide bonds. The van der Waals surface area contributed by atoms with Gasteiger partial charge in [0, 0.05) is 31.6 Å². The van der Waals surface area contributed by atoms with Crippen molar-refractivity contribution < 1.29 is 9.21 Å². The van der Waals surface area contributed by atoms with Crippen LogP contribution in [0.2, 0.25) is 0 Å². The second-order valence-electron chi connectivity index (χ2n) is 5.32. The number of oxazole rings is 1. The first kappa shape index (κ1) is 12.1. The Morgan fingerprint density at radius 1 is 1.41 bits per heavy atom. The van der Waals surface area contributed by atoms with Crippen molar-refractivity contribution in [3.05, 3.63) is 17.8 Å². The maximum Gasteiger partial charge on any atom is 0.276 e. The smallest absolute Gasteiger partial charge is 0.276 e. The van der Waals surface area contributed by atoms with Crippen molar-refractivity contribution in [1.29, 1.82) is 0 Å². The van der Waals surface area contributed by atoms with E-state index < -0.39 is 0 Å². The molecule has 1 saturated heterocycles. The lowest BCUT2D eigenvalue weighted by atomic mass is 9.91. The average Bonchev–Trinajstić information content (AvgIpc) is 2.78. The monoisotopic (exact) mass is 237 g/mol. The van der Waals surface area contributed by atoms with Gasteiger partial charge in [-0.05, 0) is 0 Å². The van der Waals surface area contributed by atoms with Crippen LogP contribution in [-0.2, 0) is 5.41 Å². The molecule has 0 radical (unpaired) electrons. The second-order valence-corrected chi connectivity index (χ2v) is 5.32. The summed E-state index contributed by atoms with van der Waals surface area (Å²) in [7, 11) is 0. The van der Waals surface area contributed by atoms with Gasteiger partial charge in [-0.15, -0.1) is 0 Å². The summed E-state index contributed by atoms with van der Waals surface area (Å²) < 4.78 is 5.37. The number of nitrogens with one attached hydrogen (secondary N) is 1. The van der Waals surface area contributed by atoms with Crippen LogP contribution in [0.5, 0.6) is 0 Å². The number of rotatable bonds is 1. The molecule has 0 saturated carbocycles. The summed E-state index contributed by atoms with van der Waals surface area (Å²) in [6.45, 7) is 9.19. The van der Waals surface area contributed by atoms with Crippen molar-refractivity contribution in [1.82, 2.24) is 15.2 Å². The number of aromatic nitrogens is 1. The van der Waals surface area contributed by atoms with E-state index in [2.05, 4.69) is 10.3 Å². The largest absolute Gasteiger partial charge is 0.447 e. The third-order valence-corrected chi connectivity index (χ3v) is 2.86. The Kier molecular flexibility index (Phi) is 3.19. The van der Waals surface area contributed by atoms with Gasteiger partial charge in [0.15, 0.2) is 12.1 Å². The first-order chi connectivity index (χ1) is 8.00. The number of carbonyl (C=O) groups excluding carboxylic acids is 1. The van der Waals surface area contributed by atoms with Crippen LogP contribution < -0.4 is 5.32 Å². The summed E-state index contributed by atoms with van der Waals surface area (Å²) in [5.74, 6) is 0.645. The Bertz CT molecular complexity index is 400. The van der Waals surface area contributed by atoms with Crippen molar-refractivity contribution in [2.75, 3.05) is 26.2 Å². The van der Waals surface area contributed by atoms with Crippen molar-refractivity contribution in [3.8, 4) is 0 Å². The van der Waals surface area contributed by atoms with Crippen LogP contribution in [0.3, 0.4) is 0 Å². The molecular formula is C12H19N3O2. The van der Waals surface area contributed by atoms with E-state index in [0.29, 0.717) is 11.5 Å². The number of hydrogen-bond donors (Lipinski definition) is 1. The highest BCUT2D eigenvalue weighted by Gasteiger charge is 2.30. The summed E-state index contributed by atoms with van der Waals surface area (Å²) in [4.78, 5) is 18.2. The molecule has 0 atom stereocenters. The third-order valence-electron chi connectivity index (χ3n) is 2.86. The van der Waals surface area contributed by atoms with Gasteiger partial charge in [-0.25, -0.2) is 4.98 Å². The van der Waals surface area contributed by atoms with E-state index >= 15 is 0 Å². The molecule has 1 aliphatic heterocycles. The first-order valence-electron chi connectivity index (χ1n) is 5.94. The first-order valence-corrected chi connectivity index (χ1v) is 5.94. The Balaban J connectivity index is 2.22. The van der Waals surface area contributed by atoms with Crippen molar-refractivity contribution in [2.45, 2.75) is 26.2 Å². The van der Waals surface area contributed by atoms with Crippen LogP contribution >= 0.6 is 0 Å². The zero-order chi connectivity index (χ0) is 12.5. The molecule has 0 aliphatic carbocycles. The Morgan fingerprint density at radius 3 is 2.65 bits per heavy atom. The molecule has 1 aliphatic rings. The Morgan fingerprint density at radius 2 is 2.06 bits per heavy atom. The molecule has 17 heavy (non-hydrogen) atoms. The highest BCUT2D eigenvalue weighted by atomic mass is 16.3. The van der Waals surface area contributed by atoms with Crippen LogP contribution in [0.15, 0.2) is 10.8 Å². The number of hydrogen-bond acceptors (Lipinski definition) is 4. The molecule has 94 valence electrons. The minimum absolute atomic E-state index is 0.0230. The fourth-order valence-electron chi connectivity index (χ4n) is 1.95. The maximum absolute atomic E-state index is 12.3. The lowest BCUT2D eigenvalue weighted by Crippen LogP contribution is -2.46. The number of carbonyl (C=O) groups is 1. The Labute approximate surface area is 101 Å².